The fourth-order valence-corrected chi connectivity index (χ4v) is 2.25. The Morgan fingerprint density at radius 3 is 3.00 bits per heavy atom. The van der Waals surface area contributed by atoms with Crippen LogP contribution >= 0.6 is 0 Å². The van der Waals surface area contributed by atoms with E-state index in [0.29, 0.717) is 25.3 Å². The Bertz CT molecular complexity index is 487. The van der Waals surface area contributed by atoms with E-state index >= 15 is 0 Å². The molecule has 0 aromatic heterocycles. The zero-order valence-corrected chi connectivity index (χ0v) is 10.8. The number of aliphatic hydroxyl groups is 1. The minimum absolute atomic E-state index is 0.0180. The highest BCUT2D eigenvalue weighted by molar-refractivity contribution is 5.33. The van der Waals surface area contributed by atoms with Crippen LogP contribution in [-0.2, 0) is 11.3 Å². The molecule has 1 aliphatic rings. The molecule has 0 radical (unpaired) electrons. The summed E-state index contributed by atoms with van der Waals surface area (Å²) in [5.74, 6) is -0.395. The molecule has 1 saturated heterocycles. The zero-order chi connectivity index (χ0) is 13.8. The largest absolute Gasteiger partial charge is 0.394 e. The van der Waals surface area contributed by atoms with Gasteiger partial charge in [-0.25, -0.2) is 4.39 Å². The number of hydrogen-bond acceptors (Lipinski definition) is 4. The predicted molar refractivity (Wildman–Crippen MR) is 67.8 cm³/mol. The Morgan fingerprint density at radius 1 is 1.53 bits per heavy atom. The van der Waals surface area contributed by atoms with Crippen LogP contribution < -0.4 is 0 Å². The summed E-state index contributed by atoms with van der Waals surface area (Å²) in [7, 11) is 0. The van der Waals surface area contributed by atoms with E-state index in [4.69, 9.17) is 15.1 Å². The van der Waals surface area contributed by atoms with Crippen molar-refractivity contribution < 1.29 is 14.2 Å². The second-order valence-corrected chi connectivity index (χ2v) is 4.88. The van der Waals surface area contributed by atoms with Crippen LogP contribution in [0.25, 0.3) is 0 Å². The van der Waals surface area contributed by atoms with Crippen molar-refractivity contribution in [3.05, 3.63) is 35.1 Å². The Balaban J connectivity index is 2.11. The van der Waals surface area contributed by atoms with Crippen molar-refractivity contribution in [2.75, 3.05) is 19.8 Å². The molecule has 1 aromatic carbocycles. The number of halogens is 1. The van der Waals surface area contributed by atoms with Crippen LogP contribution in [0.2, 0.25) is 0 Å². The number of rotatable bonds is 3. The molecule has 0 spiro atoms. The molecule has 0 amide bonds. The first-order valence-corrected chi connectivity index (χ1v) is 6.28. The molecule has 19 heavy (non-hydrogen) atoms. The minimum Gasteiger partial charge on any atom is -0.394 e. The number of nitriles is 1. The first-order chi connectivity index (χ1) is 9.12. The summed E-state index contributed by atoms with van der Waals surface area (Å²) in [5, 5.41) is 18.0. The average molecular weight is 264 g/mol. The van der Waals surface area contributed by atoms with Crippen LogP contribution in [-0.4, -0.2) is 41.9 Å². The van der Waals surface area contributed by atoms with Gasteiger partial charge in [0.15, 0.2) is 0 Å². The van der Waals surface area contributed by atoms with Crippen LogP contribution in [0.15, 0.2) is 18.2 Å². The van der Waals surface area contributed by atoms with E-state index in [9.17, 15) is 4.39 Å². The summed E-state index contributed by atoms with van der Waals surface area (Å²) in [6.45, 7) is 3.71. The summed E-state index contributed by atoms with van der Waals surface area (Å²) in [6, 6.07) is 6.52. The molecule has 2 rings (SSSR count). The number of nitrogens with zero attached hydrogens (tertiary/aromatic N) is 2. The van der Waals surface area contributed by atoms with Gasteiger partial charge in [0.2, 0.25) is 0 Å². The quantitative estimate of drug-likeness (QED) is 0.893. The fourth-order valence-electron chi connectivity index (χ4n) is 2.25. The number of morpholine rings is 1. The van der Waals surface area contributed by atoms with Gasteiger partial charge in [-0.2, -0.15) is 5.26 Å². The van der Waals surface area contributed by atoms with Gasteiger partial charge in [0, 0.05) is 19.1 Å². The van der Waals surface area contributed by atoms with Crippen LogP contribution in [0.5, 0.6) is 0 Å². The molecule has 0 bridgehead atoms. The van der Waals surface area contributed by atoms with E-state index in [1.54, 1.807) is 6.07 Å². The fraction of sp³-hybridized carbons (Fsp3) is 0.500. The van der Waals surface area contributed by atoms with Crippen molar-refractivity contribution in [2.24, 2.45) is 0 Å². The van der Waals surface area contributed by atoms with Crippen molar-refractivity contribution in [3.63, 3.8) is 0 Å². The Labute approximate surface area is 112 Å². The van der Waals surface area contributed by atoms with Crippen LogP contribution in [0, 0.1) is 17.1 Å². The molecule has 1 heterocycles. The Kier molecular flexibility index (Phi) is 4.48. The normalized spacial score (nSPS) is 24.1. The topological polar surface area (TPSA) is 56.5 Å². The maximum atomic E-state index is 13.4. The predicted octanol–water partition coefficient (Wildman–Crippen LogP) is 1.28. The molecule has 1 N–H and O–H groups in total. The molecular weight excluding hydrogens is 247 g/mol. The lowest BCUT2D eigenvalue weighted by molar-refractivity contribution is -0.0805. The SMILES string of the molecule is CC1COC(CO)CN1Cc1cc(F)cc(C#N)c1. The van der Waals surface area contributed by atoms with E-state index in [1.807, 2.05) is 13.0 Å². The van der Waals surface area contributed by atoms with Gasteiger partial charge in [0.05, 0.1) is 31.0 Å². The lowest BCUT2D eigenvalue weighted by atomic mass is 10.1. The molecular formula is C14H17FN2O2. The maximum absolute atomic E-state index is 13.4. The van der Waals surface area contributed by atoms with Gasteiger partial charge in [0.25, 0.3) is 0 Å². The number of aliphatic hydroxyl groups excluding tert-OH is 1. The number of benzene rings is 1. The molecule has 102 valence electrons. The molecule has 5 heteroatoms. The van der Waals surface area contributed by atoms with Gasteiger partial charge in [-0.15, -0.1) is 0 Å². The van der Waals surface area contributed by atoms with Gasteiger partial charge < -0.3 is 9.84 Å². The third-order valence-corrected chi connectivity index (χ3v) is 3.31. The van der Waals surface area contributed by atoms with E-state index in [1.165, 1.54) is 12.1 Å². The van der Waals surface area contributed by atoms with E-state index < -0.39 is 5.82 Å². The smallest absolute Gasteiger partial charge is 0.124 e. The van der Waals surface area contributed by atoms with Crippen LogP contribution in [0.4, 0.5) is 4.39 Å². The first-order valence-electron chi connectivity index (χ1n) is 6.28. The summed E-state index contributed by atoms with van der Waals surface area (Å²) < 4.78 is 18.8. The second kappa shape index (κ2) is 6.11. The molecule has 2 atom stereocenters. The second-order valence-electron chi connectivity index (χ2n) is 4.88. The maximum Gasteiger partial charge on any atom is 0.124 e. The van der Waals surface area contributed by atoms with Gasteiger partial charge >= 0.3 is 0 Å². The molecule has 1 aliphatic heterocycles. The third kappa shape index (κ3) is 3.51. The summed E-state index contributed by atoms with van der Waals surface area (Å²) in [6.07, 6.45) is -0.194. The minimum atomic E-state index is -0.395. The third-order valence-electron chi connectivity index (χ3n) is 3.31. The molecule has 1 aromatic rings. The highest BCUT2D eigenvalue weighted by Crippen LogP contribution is 2.17. The van der Waals surface area contributed by atoms with Crippen molar-refractivity contribution in [1.82, 2.24) is 4.90 Å². The molecule has 1 fully saturated rings. The lowest BCUT2D eigenvalue weighted by Crippen LogP contribution is -2.48. The van der Waals surface area contributed by atoms with E-state index in [2.05, 4.69) is 4.90 Å². The lowest BCUT2D eigenvalue weighted by Gasteiger charge is -2.37. The van der Waals surface area contributed by atoms with Crippen molar-refractivity contribution >= 4 is 0 Å². The monoisotopic (exact) mass is 264 g/mol. The number of ether oxygens (including phenoxy) is 1. The average Bonchev–Trinajstić information content (AvgIpc) is 2.40. The van der Waals surface area contributed by atoms with Gasteiger partial charge in [-0.3, -0.25) is 4.90 Å². The van der Waals surface area contributed by atoms with Crippen molar-refractivity contribution in [2.45, 2.75) is 25.6 Å². The molecule has 0 aliphatic carbocycles. The Morgan fingerprint density at radius 2 is 2.32 bits per heavy atom. The number of hydrogen-bond donors (Lipinski definition) is 1. The summed E-state index contributed by atoms with van der Waals surface area (Å²) in [5.41, 5.74) is 1.09. The highest BCUT2D eigenvalue weighted by atomic mass is 19.1. The van der Waals surface area contributed by atoms with Crippen LogP contribution in [0.3, 0.4) is 0 Å². The summed E-state index contributed by atoms with van der Waals surface area (Å²) >= 11 is 0. The van der Waals surface area contributed by atoms with Crippen molar-refractivity contribution in [3.8, 4) is 6.07 Å². The van der Waals surface area contributed by atoms with Gasteiger partial charge in [-0.1, -0.05) is 0 Å². The molecule has 4 nitrogen and oxygen atoms in total. The molecule has 0 saturated carbocycles. The van der Waals surface area contributed by atoms with Crippen LogP contribution in [0.1, 0.15) is 18.1 Å². The van der Waals surface area contributed by atoms with E-state index in [-0.39, 0.29) is 18.8 Å². The first kappa shape index (κ1) is 13.9. The van der Waals surface area contributed by atoms with Gasteiger partial charge in [-0.05, 0) is 30.7 Å². The molecule has 2 unspecified atom stereocenters. The summed E-state index contributed by atoms with van der Waals surface area (Å²) in [4.78, 5) is 2.13. The highest BCUT2D eigenvalue weighted by Gasteiger charge is 2.25. The van der Waals surface area contributed by atoms with Crippen molar-refractivity contribution in [1.29, 1.82) is 5.26 Å². The van der Waals surface area contributed by atoms with Gasteiger partial charge in [0.1, 0.15) is 5.82 Å². The van der Waals surface area contributed by atoms with E-state index in [0.717, 1.165) is 5.56 Å². The standard InChI is InChI=1S/C14H17FN2O2/c1-10-9-19-14(8-18)7-17(10)6-12-2-11(5-16)3-13(15)4-12/h2-4,10,14,18H,6-9H2,1H3. The Hall–Kier alpha value is -1.48. The zero-order valence-electron chi connectivity index (χ0n) is 10.8.